The molecule has 2 aliphatic heterocycles. The van der Waals surface area contributed by atoms with Crippen molar-refractivity contribution in [3.05, 3.63) is 71.3 Å². The van der Waals surface area contributed by atoms with E-state index in [1.54, 1.807) is 6.07 Å². The van der Waals surface area contributed by atoms with E-state index in [9.17, 15) is 22.8 Å². The van der Waals surface area contributed by atoms with Gasteiger partial charge in [0.15, 0.2) is 0 Å². The van der Waals surface area contributed by atoms with Crippen molar-refractivity contribution in [2.75, 3.05) is 26.7 Å². The van der Waals surface area contributed by atoms with Gasteiger partial charge in [-0.25, -0.2) is 0 Å². The second-order valence-electron chi connectivity index (χ2n) is 9.49. The van der Waals surface area contributed by atoms with E-state index in [1.165, 1.54) is 40.3 Å². The lowest BCUT2D eigenvalue weighted by Crippen LogP contribution is -2.60. The van der Waals surface area contributed by atoms with Gasteiger partial charge in [0.05, 0.1) is 0 Å². The normalized spacial score (nSPS) is 21.9. The maximum absolute atomic E-state index is 14.4. The minimum Gasteiger partial charge on any atom is -0.356 e. The Kier molecular flexibility index (Phi) is 6.95. The van der Waals surface area contributed by atoms with Crippen LogP contribution in [-0.4, -0.2) is 49.6 Å². The van der Waals surface area contributed by atoms with E-state index in [-0.39, 0.29) is 30.5 Å². The van der Waals surface area contributed by atoms with Crippen LogP contribution in [0.15, 0.2) is 54.6 Å². The summed E-state index contributed by atoms with van der Waals surface area (Å²) in [6.07, 6.45) is -2.91. The molecule has 2 amide bonds. The van der Waals surface area contributed by atoms with Crippen LogP contribution in [0.25, 0.3) is 0 Å². The summed E-state index contributed by atoms with van der Waals surface area (Å²) >= 11 is 0. The summed E-state index contributed by atoms with van der Waals surface area (Å²) in [4.78, 5) is 27.2. The number of amides is 2. The van der Waals surface area contributed by atoms with Gasteiger partial charge in [-0.15, -0.1) is 0 Å². The van der Waals surface area contributed by atoms with Gasteiger partial charge in [0.1, 0.15) is 0 Å². The first kappa shape index (κ1) is 25.2. The third-order valence-corrected chi connectivity index (χ3v) is 7.80. The smallest absolute Gasteiger partial charge is 0.356 e. The van der Waals surface area contributed by atoms with Gasteiger partial charge in [-0.3, -0.25) is 9.59 Å². The SMILES string of the molecule is CCc1ccccc1[C@@H]1CNC(=O)CC12CCN(C(=O)[C@](OC)(c1ccccc1)C(F)(F)F)CC2. The van der Waals surface area contributed by atoms with Crippen molar-refractivity contribution in [2.24, 2.45) is 5.41 Å². The Bertz CT molecular complexity index is 1060. The fourth-order valence-corrected chi connectivity index (χ4v) is 5.88. The maximum Gasteiger partial charge on any atom is 0.430 e. The highest BCUT2D eigenvalue weighted by molar-refractivity contribution is 5.88. The fourth-order valence-electron chi connectivity index (χ4n) is 5.88. The van der Waals surface area contributed by atoms with Crippen molar-refractivity contribution < 1.29 is 27.5 Å². The zero-order valence-electron chi connectivity index (χ0n) is 20.0. The molecule has 8 heteroatoms. The number of likely N-dealkylation sites (tertiary alicyclic amines) is 1. The van der Waals surface area contributed by atoms with Crippen LogP contribution in [0.1, 0.15) is 48.8 Å². The third-order valence-electron chi connectivity index (χ3n) is 7.80. The lowest BCUT2D eigenvalue weighted by molar-refractivity contribution is -0.271. The number of benzene rings is 2. The standard InChI is InChI=1S/C27H31F3N2O3/c1-3-19-9-7-8-12-21(19)22-18-31-23(33)17-25(22)13-15-32(16-14-25)24(34)26(35-2,27(28,29)30)20-10-5-4-6-11-20/h4-12,22H,3,13-18H2,1-2H3,(H,31,33)/t22-,26+/m0/s1. The summed E-state index contributed by atoms with van der Waals surface area (Å²) in [5, 5.41) is 2.97. The Hall–Kier alpha value is -2.87. The van der Waals surface area contributed by atoms with Gasteiger partial charge in [-0.1, -0.05) is 61.5 Å². The minimum atomic E-state index is -4.94. The Morgan fingerprint density at radius 1 is 1.09 bits per heavy atom. The van der Waals surface area contributed by atoms with Crippen molar-refractivity contribution in [1.29, 1.82) is 0 Å². The highest BCUT2D eigenvalue weighted by Crippen LogP contribution is 2.51. The number of alkyl halides is 3. The Morgan fingerprint density at radius 3 is 2.31 bits per heavy atom. The molecule has 2 aromatic rings. The van der Waals surface area contributed by atoms with Gasteiger partial charge >= 0.3 is 6.18 Å². The van der Waals surface area contributed by atoms with Crippen molar-refractivity contribution in [1.82, 2.24) is 10.2 Å². The van der Waals surface area contributed by atoms with Gasteiger partial charge in [-0.05, 0) is 35.8 Å². The van der Waals surface area contributed by atoms with Crippen LogP contribution >= 0.6 is 0 Å². The van der Waals surface area contributed by atoms with Crippen LogP contribution in [0, 0.1) is 5.41 Å². The van der Waals surface area contributed by atoms with Crippen molar-refractivity contribution in [2.45, 2.75) is 50.3 Å². The number of ether oxygens (including phenoxy) is 1. The zero-order chi connectivity index (χ0) is 25.3. The second-order valence-corrected chi connectivity index (χ2v) is 9.49. The molecule has 0 bridgehead atoms. The lowest BCUT2D eigenvalue weighted by atomic mass is 9.62. The number of piperidine rings is 2. The molecule has 1 N–H and O–H groups in total. The number of hydrogen-bond acceptors (Lipinski definition) is 3. The van der Waals surface area contributed by atoms with Crippen LogP contribution in [-0.2, 0) is 26.3 Å². The summed E-state index contributed by atoms with van der Waals surface area (Å²) in [5.41, 5.74) is -1.36. The number of carbonyl (C=O) groups is 2. The predicted molar refractivity (Wildman–Crippen MR) is 126 cm³/mol. The average Bonchev–Trinajstić information content (AvgIpc) is 2.85. The molecule has 2 aliphatic rings. The lowest BCUT2D eigenvalue weighted by Gasteiger charge is -2.50. The summed E-state index contributed by atoms with van der Waals surface area (Å²) in [7, 11) is 0.924. The highest BCUT2D eigenvalue weighted by Gasteiger charge is 2.64. The number of carbonyl (C=O) groups excluding carboxylic acids is 2. The molecule has 0 saturated carbocycles. The average molecular weight is 489 g/mol. The number of nitrogens with zero attached hydrogens (tertiary/aromatic N) is 1. The van der Waals surface area contributed by atoms with E-state index < -0.39 is 23.1 Å². The van der Waals surface area contributed by atoms with E-state index in [1.807, 2.05) is 12.1 Å². The van der Waals surface area contributed by atoms with Crippen LogP contribution < -0.4 is 5.32 Å². The molecule has 188 valence electrons. The Labute approximate surface area is 203 Å². The van der Waals surface area contributed by atoms with E-state index >= 15 is 0 Å². The largest absolute Gasteiger partial charge is 0.430 e. The molecule has 1 spiro atoms. The molecule has 2 heterocycles. The number of rotatable bonds is 5. The molecule has 0 radical (unpaired) electrons. The molecule has 2 saturated heterocycles. The van der Waals surface area contributed by atoms with E-state index in [4.69, 9.17) is 4.74 Å². The van der Waals surface area contributed by atoms with Crippen molar-refractivity contribution >= 4 is 11.8 Å². The van der Waals surface area contributed by atoms with Crippen LogP contribution in [0.3, 0.4) is 0 Å². The Balaban J connectivity index is 1.64. The van der Waals surface area contributed by atoms with E-state index in [2.05, 4.69) is 24.4 Å². The molecule has 5 nitrogen and oxygen atoms in total. The quantitative estimate of drug-likeness (QED) is 0.671. The number of aryl methyl sites for hydroxylation is 1. The highest BCUT2D eigenvalue weighted by atomic mass is 19.4. The van der Waals surface area contributed by atoms with Gasteiger partial charge in [0.25, 0.3) is 11.5 Å². The first-order valence-corrected chi connectivity index (χ1v) is 12.0. The van der Waals surface area contributed by atoms with Gasteiger partial charge in [0.2, 0.25) is 5.91 Å². The zero-order valence-corrected chi connectivity index (χ0v) is 20.0. The molecular weight excluding hydrogens is 457 g/mol. The molecule has 0 unspecified atom stereocenters. The van der Waals surface area contributed by atoms with Gasteiger partial charge < -0.3 is 15.0 Å². The van der Waals surface area contributed by atoms with Crippen molar-refractivity contribution in [3.8, 4) is 0 Å². The first-order chi connectivity index (χ1) is 16.7. The molecule has 2 fully saturated rings. The van der Waals surface area contributed by atoms with E-state index in [0.717, 1.165) is 13.5 Å². The molecule has 2 aromatic carbocycles. The summed E-state index contributed by atoms with van der Waals surface area (Å²) < 4.78 is 48.2. The van der Waals surface area contributed by atoms with Crippen LogP contribution in [0.2, 0.25) is 0 Å². The Morgan fingerprint density at radius 2 is 1.71 bits per heavy atom. The second kappa shape index (κ2) is 9.64. The number of nitrogens with one attached hydrogen (secondary N) is 1. The minimum absolute atomic E-state index is 0.0394. The summed E-state index contributed by atoms with van der Waals surface area (Å²) in [6, 6.07) is 15.2. The third kappa shape index (κ3) is 4.33. The molecule has 4 rings (SSSR count). The molecule has 0 aliphatic carbocycles. The molecule has 2 atom stereocenters. The van der Waals surface area contributed by atoms with E-state index in [0.29, 0.717) is 25.8 Å². The first-order valence-electron chi connectivity index (χ1n) is 12.0. The molecule has 35 heavy (non-hydrogen) atoms. The molecule has 0 aromatic heterocycles. The van der Waals surface area contributed by atoms with Gasteiger partial charge in [-0.2, -0.15) is 13.2 Å². The summed E-state index contributed by atoms with van der Waals surface area (Å²) in [6.45, 7) is 2.83. The number of halogens is 3. The molecular formula is C27H31F3N2O3. The number of methoxy groups -OCH3 is 1. The number of hydrogen-bond donors (Lipinski definition) is 1. The van der Waals surface area contributed by atoms with Gasteiger partial charge in [0, 0.05) is 44.6 Å². The topological polar surface area (TPSA) is 58.6 Å². The monoisotopic (exact) mass is 488 g/mol. The van der Waals surface area contributed by atoms with Crippen LogP contribution in [0.5, 0.6) is 0 Å². The fraction of sp³-hybridized carbons (Fsp3) is 0.481. The van der Waals surface area contributed by atoms with Crippen molar-refractivity contribution in [3.63, 3.8) is 0 Å². The predicted octanol–water partition coefficient (Wildman–Crippen LogP) is 4.57. The summed E-state index contributed by atoms with van der Waals surface area (Å²) in [5.74, 6) is -1.13. The van der Waals surface area contributed by atoms with Crippen LogP contribution in [0.4, 0.5) is 13.2 Å². The maximum atomic E-state index is 14.4.